The first-order chi connectivity index (χ1) is 9.60. The molecule has 0 fully saturated rings. The maximum atomic E-state index is 10.8. The number of nitrogens with one attached hydrogen (secondary N) is 1. The Morgan fingerprint density at radius 1 is 1.30 bits per heavy atom. The summed E-state index contributed by atoms with van der Waals surface area (Å²) < 4.78 is 10.5. The number of methoxy groups -OCH3 is 2. The highest BCUT2D eigenvalue weighted by molar-refractivity contribution is 5.87. The summed E-state index contributed by atoms with van der Waals surface area (Å²) >= 11 is 0. The van der Waals surface area contributed by atoms with Gasteiger partial charge in [-0.15, -0.1) is 0 Å². The molecule has 0 aliphatic heterocycles. The largest absolute Gasteiger partial charge is 0.493 e. The van der Waals surface area contributed by atoms with Gasteiger partial charge in [0.2, 0.25) is 6.54 Å². The molecular formula is C14H18N2O4. The maximum absolute atomic E-state index is 10.8. The Labute approximate surface area is 116 Å². The zero-order valence-corrected chi connectivity index (χ0v) is 11.8. The van der Waals surface area contributed by atoms with Gasteiger partial charge in [-0.3, -0.25) is 10.1 Å². The van der Waals surface area contributed by atoms with Gasteiger partial charge in [0.15, 0.2) is 11.5 Å². The van der Waals surface area contributed by atoms with Crippen LogP contribution in [0.1, 0.15) is 24.8 Å². The van der Waals surface area contributed by atoms with E-state index in [4.69, 9.17) is 9.47 Å². The molecule has 1 aromatic heterocycles. The molecule has 1 aromatic carbocycles. The van der Waals surface area contributed by atoms with Crippen LogP contribution < -0.4 is 9.47 Å². The molecule has 108 valence electrons. The van der Waals surface area contributed by atoms with E-state index in [1.54, 1.807) is 14.2 Å². The van der Waals surface area contributed by atoms with Crippen molar-refractivity contribution < 1.29 is 14.4 Å². The Kier molecular flexibility index (Phi) is 4.12. The fraction of sp³-hybridized carbons (Fsp3) is 0.429. The normalized spacial score (nSPS) is 12.3. The van der Waals surface area contributed by atoms with Gasteiger partial charge in [-0.25, -0.2) is 0 Å². The Morgan fingerprint density at radius 3 is 2.50 bits per heavy atom. The van der Waals surface area contributed by atoms with Gasteiger partial charge < -0.3 is 14.5 Å². The lowest BCUT2D eigenvalue weighted by Gasteiger charge is -2.11. The van der Waals surface area contributed by atoms with Crippen LogP contribution >= 0.6 is 0 Å². The molecule has 20 heavy (non-hydrogen) atoms. The Balaban J connectivity index is 2.52. The van der Waals surface area contributed by atoms with Gasteiger partial charge in [0.1, 0.15) is 0 Å². The lowest BCUT2D eigenvalue weighted by atomic mass is 9.96. The molecule has 6 heteroatoms. The van der Waals surface area contributed by atoms with Crippen LogP contribution in [0.25, 0.3) is 10.9 Å². The highest BCUT2D eigenvalue weighted by Gasteiger charge is 2.20. The molecule has 2 rings (SSSR count). The zero-order chi connectivity index (χ0) is 14.7. The minimum absolute atomic E-state index is 0.0716. The summed E-state index contributed by atoms with van der Waals surface area (Å²) in [6.45, 7) is 1.88. The number of fused-ring (bicyclic) bond motifs is 1. The summed E-state index contributed by atoms with van der Waals surface area (Å²) in [4.78, 5) is 13.6. The fourth-order valence-corrected chi connectivity index (χ4v) is 2.44. The van der Waals surface area contributed by atoms with E-state index >= 15 is 0 Å². The second-order valence-electron chi connectivity index (χ2n) is 4.62. The van der Waals surface area contributed by atoms with Crippen molar-refractivity contribution in [1.82, 2.24) is 4.98 Å². The lowest BCUT2D eigenvalue weighted by Crippen LogP contribution is -2.11. The minimum atomic E-state index is -0.270. The van der Waals surface area contributed by atoms with Crippen molar-refractivity contribution in [1.29, 1.82) is 0 Å². The third-order valence-corrected chi connectivity index (χ3v) is 3.52. The average Bonchev–Trinajstić information content (AvgIpc) is 2.85. The summed E-state index contributed by atoms with van der Waals surface area (Å²) in [6.07, 6.45) is 2.55. The molecule has 1 atom stereocenters. The summed E-state index contributed by atoms with van der Waals surface area (Å²) in [5, 5.41) is 11.7. The molecule has 0 amide bonds. The van der Waals surface area contributed by atoms with Gasteiger partial charge >= 0.3 is 0 Å². The van der Waals surface area contributed by atoms with Crippen LogP contribution in [0.3, 0.4) is 0 Å². The number of aromatic nitrogens is 1. The monoisotopic (exact) mass is 278 g/mol. The minimum Gasteiger partial charge on any atom is -0.493 e. The molecule has 0 aliphatic carbocycles. The van der Waals surface area contributed by atoms with Crippen LogP contribution in [0, 0.1) is 10.1 Å². The summed E-state index contributed by atoms with van der Waals surface area (Å²) in [5.41, 5.74) is 1.83. The van der Waals surface area contributed by atoms with E-state index in [9.17, 15) is 10.1 Å². The highest BCUT2D eigenvalue weighted by atomic mass is 16.6. The predicted molar refractivity (Wildman–Crippen MR) is 76.3 cm³/mol. The van der Waals surface area contributed by atoms with Gasteiger partial charge in [0.25, 0.3) is 0 Å². The summed E-state index contributed by atoms with van der Waals surface area (Å²) in [7, 11) is 3.15. The number of H-pyrrole nitrogens is 1. The van der Waals surface area contributed by atoms with Crippen LogP contribution in [0.2, 0.25) is 0 Å². The molecular weight excluding hydrogens is 260 g/mol. The Bertz CT molecular complexity index is 621. The smallest absolute Gasteiger partial charge is 0.210 e. The van der Waals surface area contributed by atoms with Crippen molar-refractivity contribution in [3.05, 3.63) is 34.0 Å². The van der Waals surface area contributed by atoms with Crippen molar-refractivity contribution in [2.75, 3.05) is 20.8 Å². The van der Waals surface area contributed by atoms with Crippen LogP contribution in [0.15, 0.2) is 18.3 Å². The van der Waals surface area contributed by atoms with Gasteiger partial charge in [0, 0.05) is 28.1 Å². The molecule has 0 radical (unpaired) electrons. The van der Waals surface area contributed by atoms with Crippen LogP contribution in [0.4, 0.5) is 0 Å². The van der Waals surface area contributed by atoms with Crippen molar-refractivity contribution >= 4 is 10.9 Å². The van der Waals surface area contributed by atoms with E-state index in [1.165, 1.54) is 0 Å². The molecule has 0 aliphatic rings. The number of benzene rings is 1. The maximum Gasteiger partial charge on any atom is 0.210 e. The van der Waals surface area contributed by atoms with Gasteiger partial charge in [-0.05, 0) is 18.1 Å². The molecule has 0 bridgehead atoms. The molecule has 1 unspecified atom stereocenters. The van der Waals surface area contributed by atoms with Crippen molar-refractivity contribution in [2.45, 2.75) is 19.3 Å². The van der Waals surface area contributed by atoms with E-state index in [2.05, 4.69) is 4.98 Å². The number of ether oxygens (including phenoxy) is 2. The van der Waals surface area contributed by atoms with E-state index in [0.29, 0.717) is 17.9 Å². The van der Waals surface area contributed by atoms with E-state index < -0.39 is 0 Å². The van der Waals surface area contributed by atoms with Crippen LogP contribution in [-0.4, -0.2) is 30.7 Å². The molecule has 1 N–H and O–H groups in total. The standard InChI is InChI=1S/C14H18N2O4/c1-4-9(8-16(17)18)11-7-15-12-6-14(20-3)13(19-2)5-10(11)12/h5-7,9,15H,4,8H2,1-3H3. The third kappa shape index (κ3) is 2.54. The Morgan fingerprint density at radius 2 is 1.95 bits per heavy atom. The topological polar surface area (TPSA) is 77.4 Å². The highest BCUT2D eigenvalue weighted by Crippen LogP contribution is 2.36. The first kappa shape index (κ1) is 14.2. The molecule has 2 aromatic rings. The molecule has 0 saturated heterocycles. The molecule has 1 heterocycles. The third-order valence-electron chi connectivity index (χ3n) is 3.52. The number of nitro groups is 1. The molecule has 6 nitrogen and oxygen atoms in total. The Hall–Kier alpha value is -2.24. The van der Waals surface area contributed by atoms with Crippen LogP contribution in [-0.2, 0) is 0 Å². The lowest BCUT2D eigenvalue weighted by molar-refractivity contribution is -0.483. The van der Waals surface area contributed by atoms with Crippen LogP contribution in [0.5, 0.6) is 11.5 Å². The van der Waals surface area contributed by atoms with Crippen molar-refractivity contribution in [3.8, 4) is 11.5 Å². The van der Waals surface area contributed by atoms with E-state index in [0.717, 1.165) is 16.5 Å². The number of rotatable bonds is 6. The quantitative estimate of drug-likeness (QED) is 0.651. The number of aromatic amines is 1. The van der Waals surface area contributed by atoms with Crippen molar-refractivity contribution in [2.24, 2.45) is 0 Å². The number of hydrogen-bond donors (Lipinski definition) is 1. The fourth-order valence-electron chi connectivity index (χ4n) is 2.44. The van der Waals surface area contributed by atoms with Gasteiger partial charge in [-0.2, -0.15) is 0 Å². The van der Waals surface area contributed by atoms with Crippen molar-refractivity contribution in [3.63, 3.8) is 0 Å². The molecule has 0 spiro atoms. The average molecular weight is 278 g/mol. The number of nitrogens with zero attached hydrogens (tertiary/aromatic N) is 1. The van der Waals surface area contributed by atoms with Gasteiger partial charge in [0.05, 0.1) is 20.1 Å². The second-order valence-corrected chi connectivity index (χ2v) is 4.62. The predicted octanol–water partition coefficient (Wildman–Crippen LogP) is 2.96. The first-order valence-electron chi connectivity index (χ1n) is 6.45. The van der Waals surface area contributed by atoms with Gasteiger partial charge in [-0.1, -0.05) is 6.92 Å². The summed E-state index contributed by atoms with van der Waals surface area (Å²) in [6, 6.07) is 3.71. The first-order valence-corrected chi connectivity index (χ1v) is 6.45. The van der Waals surface area contributed by atoms with E-state index in [-0.39, 0.29) is 17.4 Å². The second kappa shape index (κ2) is 5.81. The number of hydrogen-bond acceptors (Lipinski definition) is 4. The summed E-state index contributed by atoms with van der Waals surface area (Å²) in [5.74, 6) is 1.14. The SMILES string of the molecule is CCC(C[N+](=O)[O-])c1c[nH]c2cc(OC)c(OC)cc12. The molecule has 0 saturated carbocycles. The van der Waals surface area contributed by atoms with E-state index in [1.807, 2.05) is 25.3 Å². The zero-order valence-electron chi connectivity index (χ0n) is 11.8.